The largest absolute Gasteiger partial charge is 0.394 e. The Morgan fingerprint density at radius 1 is 1.20 bits per heavy atom. The topological polar surface area (TPSA) is 98.7 Å². The van der Waals surface area contributed by atoms with E-state index >= 15 is 0 Å². The summed E-state index contributed by atoms with van der Waals surface area (Å²) in [5.74, 6) is 0. The van der Waals surface area contributed by atoms with Crippen LogP contribution < -0.4 is 10.6 Å². The molecule has 0 unspecified atom stereocenters. The van der Waals surface area contributed by atoms with Crippen molar-refractivity contribution in [3.8, 4) is 0 Å². The van der Waals surface area contributed by atoms with Crippen molar-refractivity contribution in [3.63, 3.8) is 0 Å². The Balaban J connectivity index is 4.04. The summed E-state index contributed by atoms with van der Waals surface area (Å²) in [4.78, 5) is 20.9. The average molecular weight is 218 g/mol. The predicted octanol–water partition coefficient (Wildman–Crippen LogP) is -1.98. The fourth-order valence-corrected chi connectivity index (χ4v) is 1.09. The Morgan fingerprint density at radius 2 is 1.80 bits per heavy atom. The SMILES string of the molecule is C[C@H](N[C@H](C=O)CO)N[C@H](C=O)[C@@H](C)O. The Morgan fingerprint density at radius 3 is 2.13 bits per heavy atom. The first kappa shape index (κ1) is 14.2. The molecule has 88 valence electrons. The maximum absolute atomic E-state index is 10.5. The molecule has 6 nitrogen and oxygen atoms in total. The van der Waals surface area contributed by atoms with Crippen LogP contribution in [0.3, 0.4) is 0 Å². The summed E-state index contributed by atoms with van der Waals surface area (Å²) < 4.78 is 0. The number of hydrogen-bond acceptors (Lipinski definition) is 6. The van der Waals surface area contributed by atoms with Crippen molar-refractivity contribution in [2.75, 3.05) is 6.61 Å². The summed E-state index contributed by atoms with van der Waals surface area (Å²) in [6, 6.07) is -1.37. The summed E-state index contributed by atoms with van der Waals surface area (Å²) in [6.07, 6.45) is 0.00136. The van der Waals surface area contributed by atoms with Crippen molar-refractivity contribution in [1.82, 2.24) is 10.6 Å². The second-order valence-electron chi connectivity index (χ2n) is 3.38. The number of carbonyl (C=O) groups excluding carboxylic acids is 2. The van der Waals surface area contributed by atoms with Crippen molar-refractivity contribution in [1.29, 1.82) is 0 Å². The van der Waals surface area contributed by atoms with Gasteiger partial charge in [0.05, 0.1) is 31.0 Å². The molecule has 0 bridgehead atoms. The normalized spacial score (nSPS) is 18.9. The predicted molar refractivity (Wildman–Crippen MR) is 54.2 cm³/mol. The zero-order chi connectivity index (χ0) is 11.8. The van der Waals surface area contributed by atoms with E-state index in [9.17, 15) is 9.59 Å². The van der Waals surface area contributed by atoms with E-state index in [0.717, 1.165) is 0 Å². The fourth-order valence-electron chi connectivity index (χ4n) is 1.09. The van der Waals surface area contributed by atoms with E-state index in [1.807, 2.05) is 0 Å². The number of carbonyl (C=O) groups is 2. The zero-order valence-electron chi connectivity index (χ0n) is 8.88. The van der Waals surface area contributed by atoms with Crippen molar-refractivity contribution in [2.24, 2.45) is 0 Å². The first-order valence-corrected chi connectivity index (χ1v) is 4.76. The molecule has 0 amide bonds. The lowest BCUT2D eigenvalue weighted by atomic mass is 10.2. The summed E-state index contributed by atoms with van der Waals surface area (Å²) in [7, 11) is 0. The molecule has 0 rings (SSSR count). The van der Waals surface area contributed by atoms with Gasteiger partial charge >= 0.3 is 0 Å². The van der Waals surface area contributed by atoms with Gasteiger partial charge in [0.15, 0.2) is 0 Å². The van der Waals surface area contributed by atoms with E-state index in [2.05, 4.69) is 10.6 Å². The number of hydrogen-bond donors (Lipinski definition) is 4. The number of nitrogens with one attached hydrogen (secondary N) is 2. The lowest BCUT2D eigenvalue weighted by molar-refractivity contribution is -0.112. The molecule has 0 heterocycles. The molecular formula is C9H18N2O4. The number of rotatable bonds is 8. The lowest BCUT2D eigenvalue weighted by Crippen LogP contribution is -2.54. The van der Waals surface area contributed by atoms with Crippen molar-refractivity contribution < 1.29 is 19.8 Å². The minimum Gasteiger partial charge on any atom is -0.394 e. The third kappa shape index (κ3) is 5.58. The molecule has 0 aliphatic rings. The molecule has 0 saturated heterocycles. The number of aldehydes is 2. The second-order valence-corrected chi connectivity index (χ2v) is 3.38. The van der Waals surface area contributed by atoms with Gasteiger partial charge in [-0.25, -0.2) is 0 Å². The summed E-state index contributed by atoms with van der Waals surface area (Å²) in [5.41, 5.74) is 0. The Labute approximate surface area is 88.7 Å². The second kappa shape index (κ2) is 7.47. The highest BCUT2D eigenvalue weighted by Gasteiger charge is 2.17. The van der Waals surface area contributed by atoms with Crippen LogP contribution >= 0.6 is 0 Å². The number of aliphatic hydroxyl groups excluding tert-OH is 2. The van der Waals surface area contributed by atoms with Gasteiger partial charge in [0.2, 0.25) is 0 Å². The van der Waals surface area contributed by atoms with Gasteiger partial charge in [0.1, 0.15) is 12.6 Å². The van der Waals surface area contributed by atoms with Crippen LogP contribution in [0, 0.1) is 0 Å². The van der Waals surface area contributed by atoms with Gasteiger partial charge in [-0.3, -0.25) is 10.6 Å². The maximum atomic E-state index is 10.5. The molecule has 15 heavy (non-hydrogen) atoms. The standard InChI is InChI=1S/C9H18N2O4/c1-6(15)9(5-14)11-7(2)10-8(3-12)4-13/h3,5-11,13,15H,4H2,1-2H3/t6-,7-,8-,9-/m1/s1. The molecule has 0 aliphatic heterocycles. The van der Waals surface area contributed by atoms with Crippen LogP contribution in [0.4, 0.5) is 0 Å². The highest BCUT2D eigenvalue weighted by Crippen LogP contribution is 1.91. The number of aliphatic hydroxyl groups is 2. The monoisotopic (exact) mass is 218 g/mol. The Bertz CT molecular complexity index is 199. The van der Waals surface area contributed by atoms with Crippen LogP contribution in [0.1, 0.15) is 13.8 Å². The first-order valence-electron chi connectivity index (χ1n) is 4.76. The van der Waals surface area contributed by atoms with Crippen molar-refractivity contribution in [2.45, 2.75) is 38.2 Å². The van der Waals surface area contributed by atoms with Gasteiger partial charge in [-0.2, -0.15) is 0 Å². The molecule has 6 heteroatoms. The van der Waals surface area contributed by atoms with Crippen molar-refractivity contribution in [3.05, 3.63) is 0 Å². The van der Waals surface area contributed by atoms with E-state index in [4.69, 9.17) is 10.2 Å². The highest BCUT2D eigenvalue weighted by molar-refractivity contribution is 5.59. The zero-order valence-corrected chi connectivity index (χ0v) is 8.88. The minimum absolute atomic E-state index is 0.310. The molecule has 0 aromatic rings. The quantitative estimate of drug-likeness (QED) is 0.278. The molecule has 0 saturated carbocycles. The minimum atomic E-state index is -0.810. The Kier molecular flexibility index (Phi) is 7.06. The third-order valence-corrected chi connectivity index (χ3v) is 1.93. The molecule has 0 aromatic carbocycles. The lowest BCUT2D eigenvalue weighted by Gasteiger charge is -2.23. The van der Waals surface area contributed by atoms with E-state index in [1.54, 1.807) is 6.92 Å². The summed E-state index contributed by atoms with van der Waals surface area (Å²) in [5, 5.41) is 23.4. The smallest absolute Gasteiger partial charge is 0.139 e. The molecular weight excluding hydrogens is 200 g/mol. The first-order chi connectivity index (χ1) is 7.04. The van der Waals surface area contributed by atoms with Crippen LogP contribution in [0.15, 0.2) is 0 Å². The van der Waals surface area contributed by atoms with Gasteiger partial charge in [0, 0.05) is 0 Å². The van der Waals surface area contributed by atoms with E-state index < -0.39 is 18.2 Å². The summed E-state index contributed by atoms with van der Waals surface area (Å²) >= 11 is 0. The van der Waals surface area contributed by atoms with Crippen LogP contribution in [-0.4, -0.2) is 53.7 Å². The molecule has 0 radical (unpaired) electrons. The highest BCUT2D eigenvalue weighted by atomic mass is 16.3. The fraction of sp³-hybridized carbons (Fsp3) is 0.778. The van der Waals surface area contributed by atoms with E-state index in [-0.39, 0.29) is 12.8 Å². The van der Waals surface area contributed by atoms with E-state index in [1.165, 1.54) is 6.92 Å². The molecule has 0 fully saturated rings. The van der Waals surface area contributed by atoms with Gasteiger partial charge in [0.25, 0.3) is 0 Å². The molecule has 0 aliphatic carbocycles. The van der Waals surface area contributed by atoms with Crippen LogP contribution in [0.2, 0.25) is 0 Å². The molecule has 0 spiro atoms. The van der Waals surface area contributed by atoms with Crippen LogP contribution in [0.5, 0.6) is 0 Å². The third-order valence-electron chi connectivity index (χ3n) is 1.93. The van der Waals surface area contributed by atoms with Gasteiger partial charge < -0.3 is 19.8 Å². The average Bonchev–Trinajstić information content (AvgIpc) is 2.22. The molecule has 4 N–H and O–H groups in total. The van der Waals surface area contributed by atoms with Crippen LogP contribution in [0.25, 0.3) is 0 Å². The van der Waals surface area contributed by atoms with Gasteiger partial charge in [-0.05, 0) is 13.8 Å². The van der Waals surface area contributed by atoms with Crippen LogP contribution in [-0.2, 0) is 9.59 Å². The molecule has 4 atom stereocenters. The van der Waals surface area contributed by atoms with Crippen molar-refractivity contribution >= 4 is 12.6 Å². The Hall–Kier alpha value is -0.820. The van der Waals surface area contributed by atoms with Gasteiger partial charge in [-0.1, -0.05) is 0 Å². The summed E-state index contributed by atoms with van der Waals surface area (Å²) in [6.45, 7) is 2.86. The van der Waals surface area contributed by atoms with E-state index in [0.29, 0.717) is 12.6 Å². The van der Waals surface area contributed by atoms with Gasteiger partial charge in [-0.15, -0.1) is 0 Å². The molecule has 0 aromatic heterocycles. The maximum Gasteiger partial charge on any atom is 0.139 e.